The first-order chi connectivity index (χ1) is 12.6. The summed E-state index contributed by atoms with van der Waals surface area (Å²) in [4.78, 5) is 33.3. The van der Waals surface area contributed by atoms with Gasteiger partial charge < -0.3 is 10.1 Å². The number of aromatic nitrogens is 2. The van der Waals surface area contributed by atoms with Gasteiger partial charge in [0.1, 0.15) is 0 Å². The molecule has 0 fully saturated rings. The number of nitrogens with one attached hydrogen (secondary N) is 1. The zero-order chi connectivity index (χ0) is 18.5. The third kappa shape index (κ3) is 3.85. The van der Waals surface area contributed by atoms with Gasteiger partial charge in [-0.25, -0.2) is 9.78 Å². The van der Waals surface area contributed by atoms with E-state index < -0.39 is 12.1 Å². The number of hydrogen-bond donors (Lipinski definition) is 1. The molecule has 2 aromatic carbocycles. The second kappa shape index (κ2) is 7.74. The summed E-state index contributed by atoms with van der Waals surface area (Å²) in [6.07, 6.45) is 0.802. The van der Waals surface area contributed by atoms with Gasteiger partial charge in [0.25, 0.3) is 5.91 Å². The molecule has 6 nitrogen and oxygen atoms in total. The Morgan fingerprint density at radius 1 is 1.08 bits per heavy atom. The van der Waals surface area contributed by atoms with E-state index in [4.69, 9.17) is 4.74 Å². The number of amides is 1. The van der Waals surface area contributed by atoms with Crippen LogP contribution in [0.15, 0.2) is 54.7 Å². The van der Waals surface area contributed by atoms with Gasteiger partial charge in [0.15, 0.2) is 11.8 Å². The van der Waals surface area contributed by atoms with E-state index in [-0.39, 0.29) is 11.6 Å². The summed E-state index contributed by atoms with van der Waals surface area (Å²) in [5, 5.41) is 2.80. The molecule has 1 aromatic heterocycles. The molecule has 0 aliphatic carbocycles. The molecular formula is C20H19N3O3. The van der Waals surface area contributed by atoms with Crippen molar-refractivity contribution in [1.29, 1.82) is 0 Å². The Balaban J connectivity index is 1.72. The molecule has 0 radical (unpaired) electrons. The van der Waals surface area contributed by atoms with Crippen molar-refractivity contribution in [3.8, 4) is 0 Å². The average Bonchev–Trinajstić information content (AvgIpc) is 2.67. The maximum absolute atomic E-state index is 12.5. The molecule has 0 aliphatic heterocycles. The van der Waals surface area contributed by atoms with E-state index in [0.29, 0.717) is 23.1 Å². The number of rotatable bonds is 5. The first-order valence-electron chi connectivity index (χ1n) is 8.37. The predicted molar refractivity (Wildman–Crippen MR) is 98.8 cm³/mol. The molecule has 1 heterocycles. The van der Waals surface area contributed by atoms with Crippen LogP contribution >= 0.6 is 0 Å². The smallest absolute Gasteiger partial charge is 0.359 e. The molecule has 1 N–H and O–H groups in total. The largest absolute Gasteiger partial charge is 0.447 e. The van der Waals surface area contributed by atoms with Crippen LogP contribution in [0.1, 0.15) is 29.4 Å². The summed E-state index contributed by atoms with van der Waals surface area (Å²) < 4.78 is 5.36. The minimum atomic E-state index is -0.907. The van der Waals surface area contributed by atoms with Crippen molar-refractivity contribution in [2.45, 2.75) is 26.4 Å². The van der Waals surface area contributed by atoms with Crippen LogP contribution in [0, 0.1) is 6.92 Å². The normalized spacial score (nSPS) is 11.8. The molecule has 1 unspecified atom stereocenters. The van der Waals surface area contributed by atoms with Crippen LogP contribution in [0.3, 0.4) is 0 Å². The highest BCUT2D eigenvalue weighted by Crippen LogP contribution is 2.15. The summed E-state index contributed by atoms with van der Waals surface area (Å²) in [6, 6.07) is 14.7. The van der Waals surface area contributed by atoms with Crippen LogP contribution in [0.2, 0.25) is 0 Å². The molecule has 3 aromatic rings. The molecule has 6 heteroatoms. The Hall–Kier alpha value is -3.28. The first kappa shape index (κ1) is 17.5. The lowest BCUT2D eigenvalue weighted by atomic mass is 10.2. The number of carbonyl (C=O) groups is 2. The minimum Gasteiger partial charge on any atom is -0.447 e. The number of hydrogen-bond acceptors (Lipinski definition) is 5. The van der Waals surface area contributed by atoms with Gasteiger partial charge in [-0.1, -0.05) is 37.3 Å². The molecular weight excluding hydrogens is 330 g/mol. The van der Waals surface area contributed by atoms with Crippen LogP contribution in [0.5, 0.6) is 0 Å². The highest BCUT2D eigenvalue weighted by molar-refractivity contribution is 5.97. The molecule has 1 amide bonds. The number of benzene rings is 2. The summed E-state index contributed by atoms with van der Waals surface area (Å²) >= 11 is 0. The molecule has 3 rings (SSSR count). The zero-order valence-corrected chi connectivity index (χ0v) is 14.6. The van der Waals surface area contributed by atoms with Crippen LogP contribution in [-0.4, -0.2) is 27.9 Å². The van der Waals surface area contributed by atoms with Crippen molar-refractivity contribution in [2.24, 2.45) is 0 Å². The van der Waals surface area contributed by atoms with Gasteiger partial charge >= 0.3 is 5.97 Å². The maximum Gasteiger partial charge on any atom is 0.359 e. The Bertz CT molecular complexity index is 956. The van der Waals surface area contributed by atoms with Gasteiger partial charge in [-0.05, 0) is 37.1 Å². The highest BCUT2D eigenvalue weighted by Gasteiger charge is 2.23. The number of carbonyl (C=O) groups excluding carboxylic acids is 2. The lowest BCUT2D eigenvalue weighted by Gasteiger charge is -2.16. The number of esters is 1. The van der Waals surface area contributed by atoms with Crippen molar-refractivity contribution in [3.63, 3.8) is 0 Å². The van der Waals surface area contributed by atoms with Gasteiger partial charge in [-0.2, -0.15) is 0 Å². The summed E-state index contributed by atoms with van der Waals surface area (Å²) in [6.45, 7) is 3.68. The Morgan fingerprint density at radius 3 is 2.50 bits per heavy atom. The first-order valence-corrected chi connectivity index (χ1v) is 8.37. The van der Waals surface area contributed by atoms with Crippen LogP contribution in [0.25, 0.3) is 11.0 Å². The molecule has 0 bridgehead atoms. The fourth-order valence-corrected chi connectivity index (χ4v) is 2.49. The van der Waals surface area contributed by atoms with Gasteiger partial charge in [0, 0.05) is 5.69 Å². The highest BCUT2D eigenvalue weighted by atomic mass is 16.5. The maximum atomic E-state index is 12.5. The number of anilines is 1. The topological polar surface area (TPSA) is 81.2 Å². The number of para-hydroxylation sites is 3. The van der Waals surface area contributed by atoms with Crippen LogP contribution in [0.4, 0.5) is 5.69 Å². The molecule has 132 valence electrons. The van der Waals surface area contributed by atoms with Crippen molar-refractivity contribution in [3.05, 3.63) is 66.0 Å². The van der Waals surface area contributed by atoms with E-state index in [1.807, 2.05) is 43.3 Å². The van der Waals surface area contributed by atoms with Crippen molar-refractivity contribution >= 4 is 28.6 Å². The summed E-state index contributed by atoms with van der Waals surface area (Å²) in [5.74, 6) is -1.04. The van der Waals surface area contributed by atoms with E-state index in [2.05, 4.69) is 15.3 Å². The summed E-state index contributed by atoms with van der Waals surface area (Å²) in [7, 11) is 0. The Labute approximate surface area is 151 Å². The number of nitrogens with zero attached hydrogens (tertiary/aromatic N) is 2. The second-order valence-electron chi connectivity index (χ2n) is 5.85. The van der Waals surface area contributed by atoms with Gasteiger partial charge in [0.2, 0.25) is 0 Å². The predicted octanol–water partition coefficient (Wildman–Crippen LogP) is 3.51. The molecule has 0 saturated heterocycles. The van der Waals surface area contributed by atoms with Gasteiger partial charge in [0.05, 0.1) is 17.2 Å². The average molecular weight is 349 g/mol. The molecule has 1 atom stereocenters. The number of ether oxygens (including phenoxy) is 1. The molecule has 26 heavy (non-hydrogen) atoms. The molecule has 0 aliphatic rings. The van der Waals surface area contributed by atoms with Crippen molar-refractivity contribution < 1.29 is 14.3 Å². The lowest BCUT2D eigenvalue weighted by molar-refractivity contribution is -0.124. The van der Waals surface area contributed by atoms with E-state index in [1.165, 1.54) is 6.20 Å². The minimum absolute atomic E-state index is 0.0749. The number of fused-ring (bicyclic) bond motifs is 1. The van der Waals surface area contributed by atoms with E-state index >= 15 is 0 Å². The monoisotopic (exact) mass is 349 g/mol. The molecule has 0 saturated carbocycles. The standard InChI is InChI=1S/C20H19N3O3/c1-3-18(19(24)23-14-9-5-4-8-13(14)2)26-20(25)17-12-21-15-10-6-7-11-16(15)22-17/h4-12,18H,3H2,1-2H3,(H,23,24). The number of aryl methyl sites for hydroxylation is 1. The Kier molecular flexibility index (Phi) is 5.22. The van der Waals surface area contributed by atoms with E-state index in [1.54, 1.807) is 19.1 Å². The van der Waals surface area contributed by atoms with Crippen molar-refractivity contribution in [1.82, 2.24) is 9.97 Å². The fourth-order valence-electron chi connectivity index (χ4n) is 2.49. The third-order valence-electron chi connectivity index (χ3n) is 3.97. The second-order valence-corrected chi connectivity index (χ2v) is 5.85. The van der Waals surface area contributed by atoms with E-state index in [9.17, 15) is 9.59 Å². The third-order valence-corrected chi connectivity index (χ3v) is 3.97. The lowest BCUT2D eigenvalue weighted by Crippen LogP contribution is -2.32. The molecule has 0 spiro atoms. The summed E-state index contributed by atoms with van der Waals surface area (Å²) in [5.41, 5.74) is 2.98. The van der Waals surface area contributed by atoms with Gasteiger partial charge in [-0.15, -0.1) is 0 Å². The van der Waals surface area contributed by atoms with Gasteiger partial charge in [-0.3, -0.25) is 9.78 Å². The van der Waals surface area contributed by atoms with Crippen LogP contribution in [-0.2, 0) is 9.53 Å². The fraction of sp³-hybridized carbons (Fsp3) is 0.200. The zero-order valence-electron chi connectivity index (χ0n) is 14.6. The SMILES string of the molecule is CCC(OC(=O)c1cnc2ccccc2n1)C(=O)Nc1ccccc1C. The quantitative estimate of drug-likeness (QED) is 0.713. The Morgan fingerprint density at radius 2 is 1.77 bits per heavy atom. The van der Waals surface area contributed by atoms with E-state index in [0.717, 1.165) is 5.56 Å². The van der Waals surface area contributed by atoms with Crippen LogP contribution < -0.4 is 5.32 Å². The van der Waals surface area contributed by atoms with Crippen molar-refractivity contribution in [2.75, 3.05) is 5.32 Å².